The van der Waals surface area contributed by atoms with Gasteiger partial charge in [-0.05, 0) is 24.4 Å². The molecule has 6 nitrogen and oxygen atoms in total. The fraction of sp³-hybridized carbons (Fsp3) is 0.353. The lowest BCUT2D eigenvalue weighted by Crippen LogP contribution is -2.41. The highest BCUT2D eigenvalue weighted by Gasteiger charge is 2.39. The average molecular weight is 363 g/mol. The largest absolute Gasteiger partial charge is 0.451 e. The highest BCUT2D eigenvalue weighted by Crippen LogP contribution is 2.29. The molecule has 26 heavy (non-hydrogen) atoms. The third kappa shape index (κ3) is 2.73. The van der Waals surface area contributed by atoms with Crippen molar-refractivity contribution in [3.63, 3.8) is 0 Å². The minimum Gasteiger partial charge on any atom is -0.335 e. The number of rotatable bonds is 2. The molecule has 1 aromatic carbocycles. The maximum atomic E-state index is 12.9. The first-order valence-corrected chi connectivity index (χ1v) is 8.16. The number of nitrogens with zero attached hydrogens (tertiary/aromatic N) is 5. The summed E-state index contributed by atoms with van der Waals surface area (Å²) in [7, 11) is 0. The molecule has 1 amide bonds. The molecule has 0 aliphatic carbocycles. The van der Waals surface area contributed by atoms with Crippen LogP contribution in [0.1, 0.15) is 17.3 Å². The van der Waals surface area contributed by atoms with E-state index in [4.69, 9.17) is 0 Å². The number of hydrogen-bond acceptors (Lipinski definition) is 3. The molecule has 0 unspecified atom stereocenters. The molecule has 3 heterocycles. The first kappa shape index (κ1) is 16.6. The first-order chi connectivity index (χ1) is 12.3. The second-order valence-corrected chi connectivity index (χ2v) is 6.34. The molecule has 0 atom stereocenters. The van der Waals surface area contributed by atoms with Crippen molar-refractivity contribution in [1.82, 2.24) is 24.2 Å². The summed E-state index contributed by atoms with van der Waals surface area (Å²) in [5.74, 6) is -1.00. The van der Waals surface area contributed by atoms with Gasteiger partial charge in [-0.25, -0.2) is 0 Å². The van der Waals surface area contributed by atoms with Gasteiger partial charge in [0.15, 0.2) is 5.82 Å². The van der Waals surface area contributed by atoms with E-state index in [0.29, 0.717) is 0 Å². The van der Waals surface area contributed by atoms with Gasteiger partial charge in [0.25, 0.3) is 0 Å². The molecule has 136 valence electrons. The molecular weight excluding hydrogens is 347 g/mol. The monoisotopic (exact) mass is 363 g/mol. The van der Waals surface area contributed by atoms with E-state index in [1.165, 1.54) is 4.90 Å². The molecule has 0 radical (unpaired) electrons. The quantitative estimate of drug-likeness (QED) is 0.703. The van der Waals surface area contributed by atoms with E-state index < -0.39 is 12.0 Å². The maximum absolute atomic E-state index is 12.9. The van der Waals surface area contributed by atoms with E-state index in [1.807, 2.05) is 41.8 Å². The average Bonchev–Trinajstić information content (AvgIpc) is 3.15. The van der Waals surface area contributed by atoms with Crippen molar-refractivity contribution in [2.45, 2.75) is 32.7 Å². The molecule has 4 rings (SSSR count). The summed E-state index contributed by atoms with van der Waals surface area (Å²) in [6, 6.07) is 9.77. The number of aryl methyl sites for hydroxylation is 1. The van der Waals surface area contributed by atoms with Crippen molar-refractivity contribution < 1.29 is 18.0 Å². The third-order valence-corrected chi connectivity index (χ3v) is 4.67. The number of hydrogen-bond donors (Lipinski definition) is 0. The standard InChI is InChI=1S/C17H16F3N5O/c1-11-8-12-4-2-3-5-13(12)25(11)10-15(26)23-6-7-24-14(9-23)21-22-16(24)17(18,19)20/h2-5,8H,6-7,9-10H2,1H3. The van der Waals surface area contributed by atoms with Crippen LogP contribution in [-0.4, -0.2) is 36.7 Å². The van der Waals surface area contributed by atoms with Gasteiger partial charge in [0.05, 0.1) is 6.54 Å². The Morgan fingerprint density at radius 1 is 1.19 bits per heavy atom. The number of para-hydroxylation sites is 1. The lowest BCUT2D eigenvalue weighted by atomic mass is 10.2. The Balaban J connectivity index is 1.55. The van der Waals surface area contributed by atoms with Gasteiger partial charge < -0.3 is 14.0 Å². The summed E-state index contributed by atoms with van der Waals surface area (Å²) in [5.41, 5.74) is 1.91. The lowest BCUT2D eigenvalue weighted by molar-refractivity contribution is -0.148. The van der Waals surface area contributed by atoms with E-state index in [2.05, 4.69) is 10.2 Å². The van der Waals surface area contributed by atoms with Gasteiger partial charge >= 0.3 is 6.18 Å². The predicted molar refractivity (Wildman–Crippen MR) is 87.1 cm³/mol. The minimum absolute atomic E-state index is 0.0279. The van der Waals surface area contributed by atoms with Gasteiger partial charge in [-0.2, -0.15) is 13.2 Å². The normalized spacial score (nSPS) is 14.7. The molecule has 0 N–H and O–H groups in total. The number of aromatic nitrogens is 4. The van der Waals surface area contributed by atoms with Crippen LogP contribution in [0.3, 0.4) is 0 Å². The number of carbonyl (C=O) groups excluding carboxylic acids is 1. The Bertz CT molecular complexity index is 988. The maximum Gasteiger partial charge on any atom is 0.451 e. The zero-order valence-electron chi connectivity index (χ0n) is 14.0. The van der Waals surface area contributed by atoms with E-state index >= 15 is 0 Å². The van der Waals surface area contributed by atoms with Crippen LogP contribution in [0.15, 0.2) is 30.3 Å². The number of amides is 1. The molecule has 0 spiro atoms. The highest BCUT2D eigenvalue weighted by atomic mass is 19.4. The van der Waals surface area contributed by atoms with Gasteiger partial charge in [-0.15, -0.1) is 10.2 Å². The smallest absolute Gasteiger partial charge is 0.335 e. The van der Waals surface area contributed by atoms with Crippen LogP contribution in [-0.2, 0) is 30.6 Å². The van der Waals surface area contributed by atoms with E-state index in [9.17, 15) is 18.0 Å². The van der Waals surface area contributed by atoms with Crippen LogP contribution in [0.2, 0.25) is 0 Å². The van der Waals surface area contributed by atoms with Gasteiger partial charge in [0, 0.05) is 24.3 Å². The Morgan fingerprint density at radius 3 is 2.73 bits per heavy atom. The van der Waals surface area contributed by atoms with Gasteiger partial charge in [-0.3, -0.25) is 4.79 Å². The second-order valence-electron chi connectivity index (χ2n) is 6.34. The molecule has 1 aliphatic heterocycles. The number of carbonyl (C=O) groups is 1. The van der Waals surface area contributed by atoms with Crippen molar-refractivity contribution >= 4 is 16.8 Å². The molecule has 9 heteroatoms. The summed E-state index contributed by atoms with van der Waals surface area (Å²) in [5, 5.41) is 7.90. The van der Waals surface area contributed by atoms with Crippen molar-refractivity contribution in [1.29, 1.82) is 0 Å². The van der Waals surface area contributed by atoms with Crippen molar-refractivity contribution in [3.8, 4) is 0 Å². The number of fused-ring (bicyclic) bond motifs is 2. The molecule has 3 aromatic rings. The third-order valence-electron chi connectivity index (χ3n) is 4.67. The van der Waals surface area contributed by atoms with Crippen LogP contribution in [0.5, 0.6) is 0 Å². The topological polar surface area (TPSA) is 56.0 Å². The van der Waals surface area contributed by atoms with Gasteiger partial charge in [-0.1, -0.05) is 18.2 Å². The summed E-state index contributed by atoms with van der Waals surface area (Å²) in [6.45, 7) is 2.33. The first-order valence-electron chi connectivity index (χ1n) is 8.16. The van der Waals surface area contributed by atoms with Gasteiger partial charge in [0.2, 0.25) is 11.7 Å². The summed E-state index contributed by atoms with van der Waals surface area (Å²) in [4.78, 5) is 14.2. The molecule has 1 aliphatic rings. The number of halogens is 3. The minimum atomic E-state index is -4.54. The van der Waals surface area contributed by atoms with Crippen LogP contribution >= 0.6 is 0 Å². The summed E-state index contributed by atoms with van der Waals surface area (Å²) < 4.78 is 41.7. The molecule has 2 aromatic heterocycles. The van der Waals surface area contributed by atoms with Crippen LogP contribution in [0, 0.1) is 6.92 Å². The molecule has 0 saturated heterocycles. The van der Waals surface area contributed by atoms with E-state index in [-0.39, 0.29) is 37.9 Å². The summed E-state index contributed by atoms with van der Waals surface area (Å²) >= 11 is 0. The molecular formula is C17H16F3N5O. The zero-order chi connectivity index (χ0) is 18.5. The van der Waals surface area contributed by atoms with Crippen LogP contribution < -0.4 is 0 Å². The zero-order valence-corrected chi connectivity index (χ0v) is 14.0. The predicted octanol–water partition coefficient (Wildman–Crippen LogP) is 2.60. The SMILES string of the molecule is Cc1cc2ccccc2n1CC(=O)N1CCn2c(nnc2C(F)(F)F)C1. The Kier molecular flexibility index (Phi) is 3.74. The highest BCUT2D eigenvalue weighted by molar-refractivity contribution is 5.84. The molecule has 0 fully saturated rings. The second kappa shape index (κ2) is 5.86. The van der Waals surface area contributed by atoms with Crippen LogP contribution in [0.4, 0.5) is 13.2 Å². The van der Waals surface area contributed by atoms with Crippen molar-refractivity contribution in [2.24, 2.45) is 0 Å². The molecule has 0 saturated carbocycles. The van der Waals surface area contributed by atoms with E-state index in [0.717, 1.165) is 21.2 Å². The fourth-order valence-corrected chi connectivity index (χ4v) is 3.37. The Morgan fingerprint density at radius 2 is 1.96 bits per heavy atom. The van der Waals surface area contributed by atoms with E-state index in [1.54, 1.807) is 0 Å². The molecule has 0 bridgehead atoms. The lowest BCUT2D eigenvalue weighted by Gasteiger charge is -2.28. The fourth-order valence-electron chi connectivity index (χ4n) is 3.37. The van der Waals surface area contributed by atoms with Gasteiger partial charge in [0.1, 0.15) is 6.54 Å². The van der Waals surface area contributed by atoms with Crippen LogP contribution in [0.25, 0.3) is 10.9 Å². The summed E-state index contributed by atoms with van der Waals surface area (Å²) in [6.07, 6.45) is -4.54. The van der Waals surface area contributed by atoms with Crippen molar-refractivity contribution in [2.75, 3.05) is 6.54 Å². The van der Waals surface area contributed by atoms with Crippen molar-refractivity contribution in [3.05, 3.63) is 47.7 Å². The number of alkyl halides is 3. The Hall–Kier alpha value is -2.84. The Labute approximate surface area is 146 Å². The number of benzene rings is 1.